The molecular weight excluding hydrogens is 298 g/mol. The number of carbonyl (C=O) groups excluding carboxylic acids is 1. The number of hydrogen-bond donors (Lipinski definition) is 0. The lowest BCUT2D eigenvalue weighted by molar-refractivity contribution is -0.202. The van der Waals surface area contributed by atoms with Crippen molar-refractivity contribution in [2.45, 2.75) is 72.0 Å². The third-order valence-electron chi connectivity index (χ3n) is 4.41. The summed E-state index contributed by atoms with van der Waals surface area (Å²) >= 11 is 1.60. The summed E-state index contributed by atoms with van der Waals surface area (Å²) in [6.07, 6.45) is 4.36. The van der Waals surface area contributed by atoms with Gasteiger partial charge in [-0.1, -0.05) is 34.1 Å². The van der Waals surface area contributed by atoms with E-state index in [9.17, 15) is 4.79 Å². The normalized spacial score (nSPS) is 23.1. The highest BCUT2D eigenvalue weighted by Gasteiger charge is 2.51. The van der Waals surface area contributed by atoms with E-state index in [0.717, 1.165) is 43.0 Å². The van der Waals surface area contributed by atoms with Gasteiger partial charge in [-0.25, -0.2) is 4.98 Å². The summed E-state index contributed by atoms with van der Waals surface area (Å²) in [5, 5.41) is 3.01. The summed E-state index contributed by atoms with van der Waals surface area (Å²) in [6, 6.07) is 0. The van der Waals surface area contributed by atoms with Crippen LogP contribution in [-0.4, -0.2) is 29.8 Å². The van der Waals surface area contributed by atoms with E-state index in [1.165, 1.54) is 0 Å². The fraction of sp³-hybridized carbons (Fsp3) is 0.765. The smallest absolute Gasteiger partial charge is 0.312 e. The first-order chi connectivity index (χ1) is 10.5. The van der Waals surface area contributed by atoms with Gasteiger partial charge in [-0.3, -0.25) is 4.79 Å². The highest BCUT2D eigenvalue weighted by molar-refractivity contribution is 7.09. The molecule has 4 nitrogen and oxygen atoms in total. The van der Waals surface area contributed by atoms with Crippen LogP contribution < -0.4 is 0 Å². The second-order valence-corrected chi connectivity index (χ2v) is 7.45. The van der Waals surface area contributed by atoms with E-state index in [4.69, 9.17) is 9.47 Å². The van der Waals surface area contributed by atoms with Gasteiger partial charge in [0.25, 0.3) is 0 Å². The predicted molar refractivity (Wildman–Crippen MR) is 88.1 cm³/mol. The van der Waals surface area contributed by atoms with E-state index < -0.39 is 0 Å². The summed E-state index contributed by atoms with van der Waals surface area (Å²) in [4.78, 5) is 16.5. The SMILES string of the molecule is CCCCO[C@@H]1C[C@@H](OC(=O)Cc2csc(CC)n2)C1(C)C. The molecule has 0 unspecified atom stereocenters. The zero-order valence-electron chi connectivity index (χ0n) is 14.1. The van der Waals surface area contributed by atoms with Crippen molar-refractivity contribution in [3.63, 3.8) is 0 Å². The Morgan fingerprint density at radius 2 is 2.18 bits per heavy atom. The number of unbranched alkanes of at least 4 members (excludes halogenated alkanes) is 1. The molecule has 1 heterocycles. The summed E-state index contributed by atoms with van der Waals surface area (Å²) in [7, 11) is 0. The molecule has 1 saturated carbocycles. The molecule has 0 spiro atoms. The first kappa shape index (κ1) is 17.4. The van der Waals surface area contributed by atoms with Crippen LogP contribution in [0.15, 0.2) is 5.38 Å². The molecule has 1 aliphatic carbocycles. The summed E-state index contributed by atoms with van der Waals surface area (Å²) in [6.45, 7) is 9.24. The second kappa shape index (κ2) is 7.55. The van der Waals surface area contributed by atoms with Crippen LogP contribution in [0, 0.1) is 5.41 Å². The van der Waals surface area contributed by atoms with E-state index in [0.29, 0.717) is 0 Å². The van der Waals surface area contributed by atoms with Crippen LogP contribution in [0.3, 0.4) is 0 Å². The van der Waals surface area contributed by atoms with Gasteiger partial charge >= 0.3 is 5.97 Å². The molecule has 0 bridgehead atoms. The lowest BCUT2D eigenvalue weighted by Crippen LogP contribution is -2.56. The fourth-order valence-electron chi connectivity index (χ4n) is 2.64. The predicted octanol–water partition coefficient (Wildman–Crippen LogP) is 3.78. The Hall–Kier alpha value is -0.940. The molecule has 0 saturated heterocycles. The van der Waals surface area contributed by atoms with Crippen LogP contribution in [0.1, 0.15) is 57.7 Å². The van der Waals surface area contributed by atoms with E-state index in [1.807, 2.05) is 5.38 Å². The Labute approximate surface area is 137 Å². The van der Waals surface area contributed by atoms with Crippen molar-refractivity contribution in [1.82, 2.24) is 4.98 Å². The highest BCUT2D eigenvalue weighted by atomic mass is 32.1. The molecule has 1 aromatic rings. The summed E-state index contributed by atoms with van der Waals surface area (Å²) in [5.41, 5.74) is 0.722. The van der Waals surface area contributed by atoms with E-state index >= 15 is 0 Å². The van der Waals surface area contributed by atoms with E-state index in [1.54, 1.807) is 11.3 Å². The molecule has 0 aromatic carbocycles. The van der Waals surface area contributed by atoms with Crippen LogP contribution in [0.4, 0.5) is 0 Å². The molecule has 2 rings (SSSR count). The average Bonchev–Trinajstić information content (AvgIpc) is 2.93. The van der Waals surface area contributed by atoms with Crippen molar-refractivity contribution in [2.75, 3.05) is 6.61 Å². The monoisotopic (exact) mass is 325 g/mol. The first-order valence-electron chi connectivity index (χ1n) is 8.21. The van der Waals surface area contributed by atoms with Gasteiger partial charge in [0.2, 0.25) is 0 Å². The minimum Gasteiger partial charge on any atom is -0.461 e. The largest absolute Gasteiger partial charge is 0.461 e. The van der Waals surface area contributed by atoms with Gasteiger partial charge in [-0.2, -0.15) is 0 Å². The zero-order chi connectivity index (χ0) is 16.2. The first-order valence-corrected chi connectivity index (χ1v) is 9.09. The number of carbonyl (C=O) groups is 1. The van der Waals surface area contributed by atoms with Crippen LogP contribution in [0.25, 0.3) is 0 Å². The third-order valence-corrected chi connectivity index (χ3v) is 5.45. The molecular formula is C17H27NO3S. The Balaban J connectivity index is 1.78. The number of aryl methyl sites for hydroxylation is 1. The maximum Gasteiger partial charge on any atom is 0.312 e. The van der Waals surface area contributed by atoms with Crippen molar-refractivity contribution >= 4 is 17.3 Å². The van der Waals surface area contributed by atoms with Gasteiger partial charge in [0.05, 0.1) is 23.2 Å². The molecule has 1 aromatic heterocycles. The Kier molecular flexibility index (Phi) is 5.98. The number of thiazole rings is 1. The molecule has 1 aliphatic rings. The number of hydrogen-bond acceptors (Lipinski definition) is 5. The topological polar surface area (TPSA) is 48.4 Å². The number of rotatable bonds is 8. The Morgan fingerprint density at radius 1 is 1.41 bits per heavy atom. The molecule has 1 fully saturated rings. The zero-order valence-corrected chi connectivity index (χ0v) is 14.9. The van der Waals surface area contributed by atoms with Gasteiger partial charge in [0.1, 0.15) is 6.10 Å². The van der Waals surface area contributed by atoms with E-state index in [-0.39, 0.29) is 30.0 Å². The second-order valence-electron chi connectivity index (χ2n) is 6.51. The van der Waals surface area contributed by atoms with Crippen molar-refractivity contribution in [3.8, 4) is 0 Å². The molecule has 0 N–H and O–H groups in total. The van der Waals surface area contributed by atoms with E-state index in [2.05, 4.69) is 32.7 Å². The number of aromatic nitrogens is 1. The quantitative estimate of drug-likeness (QED) is 0.539. The van der Waals surface area contributed by atoms with Crippen molar-refractivity contribution in [2.24, 2.45) is 5.41 Å². The number of nitrogens with zero attached hydrogens (tertiary/aromatic N) is 1. The van der Waals surface area contributed by atoms with Crippen molar-refractivity contribution in [3.05, 3.63) is 16.1 Å². The van der Waals surface area contributed by atoms with Gasteiger partial charge in [-0.15, -0.1) is 11.3 Å². The van der Waals surface area contributed by atoms with Crippen LogP contribution in [0.2, 0.25) is 0 Å². The Morgan fingerprint density at radius 3 is 2.77 bits per heavy atom. The van der Waals surface area contributed by atoms with Crippen LogP contribution >= 0.6 is 11.3 Å². The fourth-order valence-corrected chi connectivity index (χ4v) is 3.39. The number of ether oxygens (including phenoxy) is 2. The summed E-state index contributed by atoms with van der Waals surface area (Å²) < 4.78 is 11.5. The maximum absolute atomic E-state index is 12.1. The minimum atomic E-state index is -0.182. The maximum atomic E-state index is 12.1. The number of esters is 1. The highest BCUT2D eigenvalue weighted by Crippen LogP contribution is 2.45. The molecule has 0 radical (unpaired) electrons. The average molecular weight is 325 g/mol. The minimum absolute atomic E-state index is 0.0455. The lowest BCUT2D eigenvalue weighted by Gasteiger charge is -2.50. The molecule has 2 atom stereocenters. The van der Waals surface area contributed by atoms with Crippen LogP contribution in [0.5, 0.6) is 0 Å². The standard InChI is InChI=1S/C17H27NO3S/c1-5-7-8-20-13-10-14(17(13,3)4)21-16(19)9-12-11-22-15(6-2)18-12/h11,13-14H,5-10H2,1-4H3/t13-,14-/m1/s1. The summed E-state index contributed by atoms with van der Waals surface area (Å²) in [5.74, 6) is -0.182. The van der Waals surface area contributed by atoms with Gasteiger partial charge < -0.3 is 9.47 Å². The third kappa shape index (κ3) is 4.07. The van der Waals surface area contributed by atoms with Gasteiger partial charge in [0, 0.05) is 23.8 Å². The van der Waals surface area contributed by atoms with Crippen molar-refractivity contribution < 1.29 is 14.3 Å². The van der Waals surface area contributed by atoms with Gasteiger partial charge in [-0.05, 0) is 12.8 Å². The molecule has 0 aliphatic heterocycles. The van der Waals surface area contributed by atoms with Gasteiger partial charge in [0.15, 0.2) is 0 Å². The molecule has 5 heteroatoms. The Bertz CT molecular complexity index is 498. The van der Waals surface area contributed by atoms with Crippen LogP contribution in [-0.2, 0) is 27.1 Å². The van der Waals surface area contributed by atoms with Crippen molar-refractivity contribution in [1.29, 1.82) is 0 Å². The lowest BCUT2D eigenvalue weighted by atomic mass is 9.66. The molecule has 22 heavy (non-hydrogen) atoms. The molecule has 124 valence electrons. The molecule has 0 amide bonds.